The molecular weight excluding hydrogens is 460 g/mol. The van der Waals surface area contributed by atoms with Crippen LogP contribution in [0.1, 0.15) is 64.9 Å². The van der Waals surface area contributed by atoms with E-state index in [0.717, 1.165) is 19.3 Å². The Morgan fingerprint density at radius 2 is 1.92 bits per heavy atom. The zero-order chi connectivity index (χ0) is 25.3. The molecule has 9 nitrogen and oxygen atoms in total. The maximum absolute atomic E-state index is 12.8. The van der Waals surface area contributed by atoms with Crippen LogP contribution in [0.4, 0.5) is 0 Å². The highest BCUT2D eigenvalue weighted by Gasteiger charge is 2.46. The van der Waals surface area contributed by atoms with Crippen LogP contribution >= 0.6 is 0 Å². The maximum atomic E-state index is 12.8. The summed E-state index contributed by atoms with van der Waals surface area (Å²) >= 11 is 0. The molecule has 9 heteroatoms. The quantitative estimate of drug-likeness (QED) is 0.361. The van der Waals surface area contributed by atoms with Gasteiger partial charge in [-0.3, -0.25) is 9.59 Å². The molecule has 36 heavy (non-hydrogen) atoms. The minimum absolute atomic E-state index is 0.0578. The molecule has 0 bridgehead atoms. The molecule has 188 valence electrons. The maximum Gasteiger partial charge on any atom is 0.323 e. The van der Waals surface area contributed by atoms with Crippen LogP contribution in [-0.2, 0) is 10.2 Å². The van der Waals surface area contributed by atoms with Gasteiger partial charge < -0.3 is 30.4 Å². The van der Waals surface area contributed by atoms with Crippen LogP contribution < -0.4 is 11.0 Å². The van der Waals surface area contributed by atoms with E-state index in [9.17, 15) is 24.6 Å². The summed E-state index contributed by atoms with van der Waals surface area (Å²) in [7, 11) is 0. The minimum atomic E-state index is -0.903. The number of aliphatic hydroxyl groups is 1. The van der Waals surface area contributed by atoms with Gasteiger partial charge in [0.1, 0.15) is 11.4 Å². The molecule has 5 rings (SSSR count). The zero-order valence-electron chi connectivity index (χ0n) is 19.9. The van der Waals surface area contributed by atoms with Gasteiger partial charge in [-0.15, -0.1) is 0 Å². The number of piperidine rings is 1. The van der Waals surface area contributed by atoms with E-state index in [1.807, 2.05) is 12.1 Å². The van der Waals surface area contributed by atoms with Crippen molar-refractivity contribution in [3.8, 4) is 5.75 Å². The molecule has 3 aromatic rings. The topological polar surface area (TPSA) is 139 Å². The second-order valence-corrected chi connectivity index (χ2v) is 9.84. The van der Waals surface area contributed by atoms with Crippen LogP contribution in [0.15, 0.2) is 59.5 Å². The third-order valence-corrected chi connectivity index (χ3v) is 7.62. The van der Waals surface area contributed by atoms with Gasteiger partial charge in [0.15, 0.2) is 0 Å². The van der Waals surface area contributed by atoms with Crippen molar-refractivity contribution in [2.75, 3.05) is 19.6 Å². The van der Waals surface area contributed by atoms with E-state index >= 15 is 0 Å². The van der Waals surface area contributed by atoms with Crippen molar-refractivity contribution in [2.45, 2.75) is 43.1 Å². The Hall–Kier alpha value is -3.85. The van der Waals surface area contributed by atoms with Crippen molar-refractivity contribution in [1.29, 1.82) is 0 Å². The second-order valence-electron chi connectivity index (χ2n) is 9.84. The fourth-order valence-corrected chi connectivity index (χ4v) is 5.80. The summed E-state index contributed by atoms with van der Waals surface area (Å²) in [5, 5.41) is 22.8. The Balaban J connectivity index is 1.22. The SMILES string of the molecule is O=C(CC1CC2(CCN(C(=O)c3c[nH]c(=O)[nH]3)CC2)c2ccccc21)NCC(O)c1cccc(O)c1. The molecule has 1 aliphatic heterocycles. The van der Waals surface area contributed by atoms with Crippen LogP contribution in [-0.4, -0.2) is 56.5 Å². The van der Waals surface area contributed by atoms with E-state index in [-0.39, 0.29) is 41.1 Å². The number of carbonyl (C=O) groups is 2. The van der Waals surface area contributed by atoms with Crippen molar-refractivity contribution < 1.29 is 19.8 Å². The molecule has 1 aliphatic carbocycles. The largest absolute Gasteiger partial charge is 0.508 e. The predicted octanol–water partition coefficient (Wildman–Crippen LogP) is 2.31. The highest BCUT2D eigenvalue weighted by atomic mass is 16.3. The number of nitrogens with one attached hydrogen (secondary N) is 3. The third-order valence-electron chi connectivity index (χ3n) is 7.62. The first-order valence-electron chi connectivity index (χ1n) is 12.2. The Morgan fingerprint density at radius 1 is 1.14 bits per heavy atom. The van der Waals surface area contributed by atoms with Crippen LogP contribution in [0.3, 0.4) is 0 Å². The molecular formula is C27H30N4O5. The number of aromatic nitrogens is 2. The fraction of sp³-hybridized carbons (Fsp3) is 0.370. The summed E-state index contributed by atoms with van der Waals surface area (Å²) in [6, 6.07) is 14.6. The smallest absolute Gasteiger partial charge is 0.323 e. The van der Waals surface area contributed by atoms with Crippen molar-refractivity contribution >= 4 is 11.8 Å². The lowest BCUT2D eigenvalue weighted by molar-refractivity contribution is -0.122. The van der Waals surface area contributed by atoms with Crippen LogP contribution in [0, 0.1) is 0 Å². The molecule has 1 fully saturated rings. The van der Waals surface area contributed by atoms with Crippen molar-refractivity contribution in [3.05, 3.63) is 87.6 Å². The number of phenolic OH excluding ortho intramolecular Hbond substituents is 1. The lowest BCUT2D eigenvalue weighted by Gasteiger charge is -2.40. The third kappa shape index (κ3) is 4.66. The van der Waals surface area contributed by atoms with Crippen LogP contribution in [0.2, 0.25) is 0 Å². The summed E-state index contributed by atoms with van der Waals surface area (Å²) in [6.45, 7) is 1.23. The summed E-state index contributed by atoms with van der Waals surface area (Å²) in [5.74, 6) is -0.187. The number of fused-ring (bicyclic) bond motifs is 2. The first-order valence-corrected chi connectivity index (χ1v) is 12.2. The number of aromatic amines is 2. The molecule has 5 N–H and O–H groups in total. The predicted molar refractivity (Wildman–Crippen MR) is 133 cm³/mol. The second kappa shape index (κ2) is 9.66. The van der Waals surface area contributed by atoms with E-state index in [2.05, 4.69) is 27.4 Å². The molecule has 0 saturated carbocycles. The van der Waals surface area contributed by atoms with Gasteiger partial charge in [-0.25, -0.2) is 4.79 Å². The molecule has 2 atom stereocenters. The van der Waals surface area contributed by atoms with Gasteiger partial charge in [-0.2, -0.15) is 0 Å². The number of aliphatic hydroxyl groups excluding tert-OH is 1. The molecule has 0 radical (unpaired) electrons. The molecule has 2 aromatic carbocycles. The average Bonchev–Trinajstić information content (AvgIpc) is 3.44. The first kappa shape index (κ1) is 23.9. The average molecular weight is 491 g/mol. The van der Waals surface area contributed by atoms with E-state index in [1.54, 1.807) is 17.0 Å². The van der Waals surface area contributed by atoms with Crippen LogP contribution in [0.25, 0.3) is 0 Å². The number of H-pyrrole nitrogens is 2. The number of aromatic hydroxyl groups is 1. The highest BCUT2D eigenvalue weighted by Crippen LogP contribution is 2.52. The van der Waals surface area contributed by atoms with E-state index in [4.69, 9.17) is 0 Å². The first-order chi connectivity index (χ1) is 17.3. The molecule has 2 heterocycles. The monoisotopic (exact) mass is 490 g/mol. The highest BCUT2D eigenvalue weighted by molar-refractivity contribution is 5.92. The van der Waals surface area contributed by atoms with Gasteiger partial charge in [0, 0.05) is 32.3 Å². The number of nitrogens with zero attached hydrogens (tertiary/aromatic N) is 1. The molecule has 1 saturated heterocycles. The van der Waals surface area contributed by atoms with Gasteiger partial charge in [0.25, 0.3) is 5.91 Å². The standard InChI is InChI=1S/C27H30N4O5/c32-19-5-3-4-17(12-19)23(33)16-28-24(34)13-18-14-27(21-7-2-1-6-20(18)21)8-10-31(11-9-27)25(35)22-15-29-26(36)30-22/h1-7,12,15,18,23,32-33H,8-11,13-14,16H2,(H,28,34)(H2,29,30,36). The molecule has 2 amide bonds. The fourth-order valence-electron chi connectivity index (χ4n) is 5.80. The zero-order valence-corrected chi connectivity index (χ0v) is 19.9. The number of imidazole rings is 1. The van der Waals surface area contributed by atoms with Gasteiger partial charge in [0.2, 0.25) is 5.91 Å². The Labute approximate surface area is 208 Å². The van der Waals surface area contributed by atoms with Crippen molar-refractivity contribution in [1.82, 2.24) is 20.2 Å². The van der Waals surface area contributed by atoms with Gasteiger partial charge in [-0.05, 0) is 59.4 Å². The lowest BCUT2D eigenvalue weighted by atomic mass is 9.73. The number of carbonyl (C=O) groups excluding carboxylic acids is 2. The number of amides is 2. The number of benzene rings is 2. The Morgan fingerprint density at radius 3 is 2.64 bits per heavy atom. The van der Waals surface area contributed by atoms with E-state index in [0.29, 0.717) is 25.1 Å². The van der Waals surface area contributed by atoms with E-state index in [1.165, 1.54) is 29.5 Å². The number of rotatable bonds is 6. The molecule has 1 aromatic heterocycles. The lowest BCUT2D eigenvalue weighted by Crippen LogP contribution is -2.44. The van der Waals surface area contributed by atoms with Crippen molar-refractivity contribution in [3.63, 3.8) is 0 Å². The molecule has 2 unspecified atom stereocenters. The number of hydrogen-bond acceptors (Lipinski definition) is 5. The summed E-state index contributed by atoms with van der Waals surface area (Å²) in [6.07, 6.45) is 3.24. The van der Waals surface area contributed by atoms with Gasteiger partial charge in [-0.1, -0.05) is 36.4 Å². The van der Waals surface area contributed by atoms with Crippen molar-refractivity contribution in [2.24, 2.45) is 0 Å². The molecule has 2 aliphatic rings. The van der Waals surface area contributed by atoms with Gasteiger partial charge in [0.05, 0.1) is 6.10 Å². The van der Waals surface area contributed by atoms with Gasteiger partial charge >= 0.3 is 5.69 Å². The summed E-state index contributed by atoms with van der Waals surface area (Å²) in [4.78, 5) is 43.8. The summed E-state index contributed by atoms with van der Waals surface area (Å²) < 4.78 is 0. The normalized spacial score (nSPS) is 19.1. The minimum Gasteiger partial charge on any atom is -0.508 e. The number of likely N-dealkylation sites (tertiary alicyclic amines) is 1. The number of phenols is 1. The molecule has 1 spiro atoms. The van der Waals surface area contributed by atoms with E-state index < -0.39 is 11.8 Å². The van der Waals surface area contributed by atoms with Crippen LogP contribution in [0.5, 0.6) is 5.75 Å². The summed E-state index contributed by atoms with van der Waals surface area (Å²) in [5.41, 5.74) is 2.76. The Bertz CT molecular complexity index is 1320. The number of hydrogen-bond donors (Lipinski definition) is 5. The Kier molecular flexibility index (Phi) is 6.40.